The number of benzene rings is 1. The molecule has 2 rings (SSSR count). The summed E-state index contributed by atoms with van der Waals surface area (Å²) in [6.07, 6.45) is 1.25. The normalized spacial score (nSPS) is 11.8. The third-order valence-corrected chi connectivity index (χ3v) is 3.43. The van der Waals surface area contributed by atoms with E-state index in [0.29, 0.717) is 24.4 Å². The van der Waals surface area contributed by atoms with Crippen LogP contribution in [0.1, 0.15) is 23.7 Å². The van der Waals surface area contributed by atoms with Crippen molar-refractivity contribution in [3.8, 4) is 5.75 Å². The maximum atomic E-state index is 12.1. The lowest BCUT2D eigenvalue weighted by molar-refractivity contribution is -0.127. The minimum absolute atomic E-state index is 0.198. The van der Waals surface area contributed by atoms with Crippen molar-refractivity contribution in [3.05, 3.63) is 57.8 Å². The molecule has 0 bridgehead atoms. The largest absolute Gasteiger partial charge is 0.481 e. The molecular weight excluding hydrogens is 294 g/mol. The van der Waals surface area contributed by atoms with Crippen LogP contribution >= 0.6 is 0 Å². The van der Waals surface area contributed by atoms with Gasteiger partial charge >= 0.3 is 0 Å². The molecule has 0 aliphatic carbocycles. The lowest BCUT2D eigenvalue weighted by Crippen LogP contribution is -2.37. The van der Waals surface area contributed by atoms with E-state index in [1.54, 1.807) is 6.92 Å². The molecular formula is C17H21N3O3. The number of nitrogens with zero attached hydrogens (tertiary/aromatic N) is 1. The second-order valence-corrected chi connectivity index (χ2v) is 5.47. The number of aromatic nitrogens is 2. The lowest BCUT2D eigenvalue weighted by atomic mass is 10.1. The van der Waals surface area contributed by atoms with Gasteiger partial charge in [-0.15, -0.1) is 0 Å². The number of carbonyl (C=O) groups excluding carboxylic acids is 1. The summed E-state index contributed by atoms with van der Waals surface area (Å²) in [4.78, 5) is 29.7. The number of aryl methyl sites for hydroxylation is 2. The molecule has 0 spiro atoms. The van der Waals surface area contributed by atoms with Crippen LogP contribution < -0.4 is 15.6 Å². The van der Waals surface area contributed by atoms with E-state index in [2.05, 4.69) is 15.3 Å². The molecule has 122 valence electrons. The van der Waals surface area contributed by atoms with Gasteiger partial charge in [0.2, 0.25) is 0 Å². The fourth-order valence-corrected chi connectivity index (χ4v) is 2.08. The molecule has 1 atom stereocenters. The van der Waals surface area contributed by atoms with E-state index in [4.69, 9.17) is 4.74 Å². The van der Waals surface area contributed by atoms with E-state index in [-0.39, 0.29) is 11.5 Å². The molecule has 1 amide bonds. The highest BCUT2D eigenvalue weighted by Gasteiger charge is 2.15. The summed E-state index contributed by atoms with van der Waals surface area (Å²) in [5.74, 6) is 0.514. The number of amides is 1. The first-order valence-corrected chi connectivity index (χ1v) is 7.51. The van der Waals surface area contributed by atoms with Gasteiger partial charge in [0.05, 0.1) is 6.33 Å². The van der Waals surface area contributed by atoms with E-state index in [1.807, 2.05) is 32.0 Å². The molecule has 23 heavy (non-hydrogen) atoms. The van der Waals surface area contributed by atoms with Gasteiger partial charge in [0, 0.05) is 24.7 Å². The topological polar surface area (TPSA) is 84.1 Å². The molecule has 6 nitrogen and oxygen atoms in total. The number of carbonyl (C=O) groups is 1. The minimum Gasteiger partial charge on any atom is -0.481 e. The van der Waals surface area contributed by atoms with E-state index in [1.165, 1.54) is 12.4 Å². The molecule has 2 N–H and O–H groups in total. The fraction of sp³-hybridized carbons (Fsp3) is 0.353. The first-order chi connectivity index (χ1) is 11.0. The Hall–Kier alpha value is -2.63. The summed E-state index contributed by atoms with van der Waals surface area (Å²) in [7, 11) is 0. The molecule has 1 aromatic carbocycles. The first-order valence-electron chi connectivity index (χ1n) is 7.51. The van der Waals surface area contributed by atoms with Crippen molar-refractivity contribution in [3.63, 3.8) is 0 Å². The second kappa shape index (κ2) is 7.58. The van der Waals surface area contributed by atoms with Crippen LogP contribution in [-0.2, 0) is 11.2 Å². The van der Waals surface area contributed by atoms with Gasteiger partial charge in [0.25, 0.3) is 11.5 Å². The van der Waals surface area contributed by atoms with Crippen molar-refractivity contribution in [2.45, 2.75) is 33.3 Å². The van der Waals surface area contributed by atoms with E-state index >= 15 is 0 Å². The molecule has 0 saturated heterocycles. The zero-order valence-electron chi connectivity index (χ0n) is 13.6. The van der Waals surface area contributed by atoms with Crippen molar-refractivity contribution in [2.24, 2.45) is 0 Å². The fourth-order valence-electron chi connectivity index (χ4n) is 2.08. The Morgan fingerprint density at radius 1 is 1.35 bits per heavy atom. The van der Waals surface area contributed by atoms with Crippen molar-refractivity contribution >= 4 is 5.91 Å². The van der Waals surface area contributed by atoms with Crippen LogP contribution in [0, 0.1) is 13.8 Å². The molecule has 6 heteroatoms. The van der Waals surface area contributed by atoms with Crippen molar-refractivity contribution in [1.82, 2.24) is 15.3 Å². The van der Waals surface area contributed by atoms with Crippen LogP contribution in [0.4, 0.5) is 0 Å². The average molecular weight is 315 g/mol. The Morgan fingerprint density at radius 3 is 2.87 bits per heavy atom. The predicted molar refractivity (Wildman–Crippen MR) is 87.6 cm³/mol. The summed E-state index contributed by atoms with van der Waals surface area (Å²) in [6.45, 7) is 6.03. The summed E-state index contributed by atoms with van der Waals surface area (Å²) < 4.78 is 5.73. The number of hydrogen-bond donors (Lipinski definition) is 2. The highest BCUT2D eigenvalue weighted by atomic mass is 16.5. The van der Waals surface area contributed by atoms with Crippen molar-refractivity contribution < 1.29 is 9.53 Å². The zero-order valence-corrected chi connectivity index (χ0v) is 13.6. The van der Waals surface area contributed by atoms with Gasteiger partial charge in [-0.05, 0) is 38.0 Å². The molecule has 0 aliphatic heterocycles. The van der Waals surface area contributed by atoms with Crippen molar-refractivity contribution in [2.75, 3.05) is 6.54 Å². The number of H-pyrrole nitrogens is 1. The second-order valence-electron chi connectivity index (χ2n) is 5.47. The highest BCUT2D eigenvalue weighted by Crippen LogP contribution is 2.20. The quantitative estimate of drug-likeness (QED) is 0.846. The van der Waals surface area contributed by atoms with E-state index in [0.717, 1.165) is 11.1 Å². The van der Waals surface area contributed by atoms with Gasteiger partial charge in [-0.25, -0.2) is 4.98 Å². The van der Waals surface area contributed by atoms with Gasteiger partial charge in [-0.2, -0.15) is 0 Å². The summed E-state index contributed by atoms with van der Waals surface area (Å²) in [6, 6.07) is 7.30. The number of ether oxygens (including phenoxy) is 1. The third kappa shape index (κ3) is 4.95. The standard InChI is InChI=1S/C17H21N3O3/c1-11-4-5-12(2)15(8-11)23-13(3)17(22)18-7-6-14-9-16(21)20-10-19-14/h4-5,8-10,13H,6-7H2,1-3H3,(H,18,22)(H,19,20,21)/t13-/m0/s1. The third-order valence-electron chi connectivity index (χ3n) is 3.43. The number of nitrogens with one attached hydrogen (secondary N) is 2. The highest BCUT2D eigenvalue weighted by molar-refractivity contribution is 5.80. The SMILES string of the molecule is Cc1ccc(C)c(O[C@@H](C)C(=O)NCCc2cc(=O)[nH]cn2)c1. The maximum Gasteiger partial charge on any atom is 0.260 e. The van der Waals surface area contributed by atoms with Crippen LogP contribution in [0.5, 0.6) is 5.75 Å². The molecule has 0 saturated carbocycles. The minimum atomic E-state index is -0.595. The van der Waals surface area contributed by atoms with Crippen LogP contribution in [0.3, 0.4) is 0 Å². The summed E-state index contributed by atoms with van der Waals surface area (Å²) >= 11 is 0. The molecule has 0 fully saturated rings. The zero-order chi connectivity index (χ0) is 16.8. The number of hydrogen-bond acceptors (Lipinski definition) is 4. The Kier molecular flexibility index (Phi) is 5.51. The Bertz CT molecular complexity index is 740. The van der Waals surface area contributed by atoms with Gasteiger partial charge in [0.1, 0.15) is 5.75 Å². The smallest absolute Gasteiger partial charge is 0.260 e. The Labute approximate surface area is 134 Å². The van der Waals surface area contributed by atoms with Crippen molar-refractivity contribution in [1.29, 1.82) is 0 Å². The van der Waals surface area contributed by atoms with Crippen LogP contribution in [0.2, 0.25) is 0 Å². The predicted octanol–water partition coefficient (Wildman–Crippen LogP) is 1.51. The first kappa shape index (κ1) is 16.7. The lowest BCUT2D eigenvalue weighted by Gasteiger charge is -2.16. The Morgan fingerprint density at radius 2 is 2.13 bits per heavy atom. The summed E-state index contributed by atoms with van der Waals surface area (Å²) in [5, 5.41) is 2.79. The summed E-state index contributed by atoms with van der Waals surface area (Å²) in [5.41, 5.74) is 2.51. The van der Waals surface area contributed by atoms with Crippen LogP contribution in [-0.4, -0.2) is 28.5 Å². The molecule has 1 aromatic heterocycles. The Balaban J connectivity index is 1.85. The maximum absolute atomic E-state index is 12.1. The van der Waals surface area contributed by atoms with Gasteiger partial charge in [-0.1, -0.05) is 12.1 Å². The number of rotatable bonds is 6. The van der Waals surface area contributed by atoms with Crippen LogP contribution in [0.15, 0.2) is 35.4 Å². The monoisotopic (exact) mass is 315 g/mol. The molecule has 0 unspecified atom stereocenters. The number of aromatic amines is 1. The van der Waals surface area contributed by atoms with E-state index in [9.17, 15) is 9.59 Å². The van der Waals surface area contributed by atoms with Gasteiger partial charge in [-0.3, -0.25) is 9.59 Å². The van der Waals surface area contributed by atoms with Crippen LogP contribution in [0.25, 0.3) is 0 Å². The molecule has 1 heterocycles. The molecule has 0 radical (unpaired) electrons. The van der Waals surface area contributed by atoms with E-state index < -0.39 is 6.10 Å². The molecule has 0 aliphatic rings. The molecule has 2 aromatic rings. The van der Waals surface area contributed by atoms with Gasteiger partial charge < -0.3 is 15.0 Å². The average Bonchev–Trinajstić information content (AvgIpc) is 2.51. The van der Waals surface area contributed by atoms with Gasteiger partial charge in [0.15, 0.2) is 6.10 Å².